The van der Waals surface area contributed by atoms with Crippen molar-refractivity contribution in [2.24, 2.45) is 5.41 Å². The van der Waals surface area contributed by atoms with Crippen LogP contribution in [-0.4, -0.2) is 17.9 Å². The quantitative estimate of drug-likeness (QED) is 0.614. The van der Waals surface area contributed by atoms with E-state index in [1.165, 1.54) is 0 Å². The van der Waals surface area contributed by atoms with E-state index in [9.17, 15) is 4.79 Å². The molecule has 2 aromatic carbocycles. The lowest BCUT2D eigenvalue weighted by molar-refractivity contribution is 0.0911. The first-order valence-electron chi connectivity index (χ1n) is 9.24. The van der Waals surface area contributed by atoms with Crippen LogP contribution >= 0.6 is 0 Å². The van der Waals surface area contributed by atoms with Gasteiger partial charge in [-0.2, -0.15) is 0 Å². The highest BCUT2D eigenvalue weighted by molar-refractivity contribution is 6.05. The Morgan fingerprint density at radius 2 is 1.63 bits per heavy atom. The molecule has 0 atom stereocenters. The summed E-state index contributed by atoms with van der Waals surface area (Å²) >= 11 is 0. The van der Waals surface area contributed by atoms with E-state index in [4.69, 9.17) is 9.72 Å². The van der Waals surface area contributed by atoms with Gasteiger partial charge in [-0.15, -0.1) is 0 Å². The molecule has 3 aromatic rings. The zero-order valence-corrected chi connectivity index (χ0v) is 16.0. The molecule has 1 aliphatic rings. The van der Waals surface area contributed by atoms with Gasteiger partial charge in [0.25, 0.3) is 0 Å². The predicted molar refractivity (Wildman–Crippen MR) is 108 cm³/mol. The number of carbonyl (C=O) groups excluding carboxylic acids is 1. The van der Waals surface area contributed by atoms with E-state index >= 15 is 0 Å². The molecule has 0 aliphatic heterocycles. The van der Waals surface area contributed by atoms with Gasteiger partial charge in [0.2, 0.25) is 0 Å². The Bertz CT molecular complexity index is 989. The number of hydrogen-bond donors (Lipinski definition) is 0. The van der Waals surface area contributed by atoms with Crippen molar-refractivity contribution in [2.75, 3.05) is 7.11 Å². The molecule has 3 heteroatoms. The van der Waals surface area contributed by atoms with Crippen LogP contribution < -0.4 is 4.74 Å². The van der Waals surface area contributed by atoms with Gasteiger partial charge >= 0.3 is 0 Å². The number of Topliss-reactive ketones (excluding diaryl/α,β-unsaturated/α-hetero) is 1. The van der Waals surface area contributed by atoms with Crippen LogP contribution in [0.2, 0.25) is 0 Å². The second-order valence-electron chi connectivity index (χ2n) is 7.91. The molecule has 0 fully saturated rings. The lowest BCUT2D eigenvalue weighted by atomic mass is 9.74. The number of nitrogens with zero attached hydrogens (tertiary/aromatic N) is 1. The molecule has 1 aliphatic carbocycles. The summed E-state index contributed by atoms with van der Waals surface area (Å²) in [6.07, 6.45) is 1.35. The van der Waals surface area contributed by atoms with Crippen LogP contribution in [0.15, 0.2) is 60.7 Å². The lowest BCUT2D eigenvalue weighted by Gasteiger charge is -2.31. The molecule has 0 saturated heterocycles. The number of ether oxygens (including phenoxy) is 1. The molecule has 0 radical (unpaired) electrons. The van der Waals surface area contributed by atoms with Crippen molar-refractivity contribution < 1.29 is 9.53 Å². The SMILES string of the molecule is COc1ccc(-c2cc(-c3ccccc3)nc3c2C(=O)CC(C)(C)C3)cc1. The van der Waals surface area contributed by atoms with Crippen molar-refractivity contribution in [1.29, 1.82) is 0 Å². The number of ketones is 1. The monoisotopic (exact) mass is 357 g/mol. The number of fused-ring (bicyclic) bond motifs is 1. The molecule has 136 valence electrons. The van der Waals surface area contributed by atoms with Gasteiger partial charge in [-0.25, -0.2) is 0 Å². The first-order chi connectivity index (χ1) is 13.0. The van der Waals surface area contributed by atoms with Gasteiger partial charge in [-0.1, -0.05) is 56.3 Å². The van der Waals surface area contributed by atoms with Crippen molar-refractivity contribution in [2.45, 2.75) is 26.7 Å². The van der Waals surface area contributed by atoms with E-state index in [0.29, 0.717) is 6.42 Å². The summed E-state index contributed by atoms with van der Waals surface area (Å²) in [7, 11) is 1.66. The van der Waals surface area contributed by atoms with Crippen molar-refractivity contribution in [3.63, 3.8) is 0 Å². The van der Waals surface area contributed by atoms with Crippen molar-refractivity contribution in [3.8, 4) is 28.1 Å². The molecule has 27 heavy (non-hydrogen) atoms. The number of hydrogen-bond acceptors (Lipinski definition) is 3. The second-order valence-corrected chi connectivity index (χ2v) is 7.91. The fourth-order valence-corrected chi connectivity index (χ4v) is 3.83. The van der Waals surface area contributed by atoms with Gasteiger partial charge in [0.05, 0.1) is 18.5 Å². The first-order valence-corrected chi connectivity index (χ1v) is 9.24. The van der Waals surface area contributed by atoms with E-state index in [1.807, 2.05) is 48.5 Å². The Morgan fingerprint density at radius 3 is 2.30 bits per heavy atom. The highest BCUT2D eigenvalue weighted by Gasteiger charge is 2.34. The molecule has 0 saturated carbocycles. The van der Waals surface area contributed by atoms with Crippen LogP contribution in [0.5, 0.6) is 5.75 Å². The zero-order valence-electron chi connectivity index (χ0n) is 16.0. The van der Waals surface area contributed by atoms with Gasteiger partial charge in [-0.05, 0) is 41.2 Å². The third-order valence-corrected chi connectivity index (χ3v) is 5.13. The van der Waals surface area contributed by atoms with Crippen LogP contribution in [0.3, 0.4) is 0 Å². The Morgan fingerprint density at radius 1 is 0.926 bits per heavy atom. The average molecular weight is 357 g/mol. The Balaban J connectivity index is 1.94. The van der Waals surface area contributed by atoms with E-state index in [-0.39, 0.29) is 11.2 Å². The molecule has 0 amide bonds. The predicted octanol–water partition coefficient (Wildman–Crippen LogP) is 5.58. The van der Waals surface area contributed by atoms with E-state index in [2.05, 4.69) is 26.0 Å². The van der Waals surface area contributed by atoms with Gasteiger partial charge in [-0.3, -0.25) is 9.78 Å². The fraction of sp³-hybridized carbons (Fsp3) is 0.250. The smallest absolute Gasteiger partial charge is 0.165 e. The third kappa shape index (κ3) is 3.37. The van der Waals surface area contributed by atoms with Crippen LogP contribution in [0, 0.1) is 5.41 Å². The summed E-state index contributed by atoms with van der Waals surface area (Å²) in [5.74, 6) is 0.983. The van der Waals surface area contributed by atoms with Crippen LogP contribution in [0.25, 0.3) is 22.4 Å². The maximum absolute atomic E-state index is 13.0. The van der Waals surface area contributed by atoms with E-state index in [1.54, 1.807) is 7.11 Å². The summed E-state index contributed by atoms with van der Waals surface area (Å²) < 4.78 is 5.28. The molecular weight excluding hydrogens is 334 g/mol. The molecule has 1 heterocycles. The zero-order chi connectivity index (χ0) is 19.0. The molecule has 0 bridgehead atoms. The molecule has 0 N–H and O–H groups in total. The Labute approximate surface area is 160 Å². The number of rotatable bonds is 3. The summed E-state index contributed by atoms with van der Waals surface area (Å²) in [4.78, 5) is 17.9. The van der Waals surface area contributed by atoms with Crippen LogP contribution in [0.1, 0.15) is 36.3 Å². The Kier molecular flexibility index (Phi) is 4.31. The molecule has 4 rings (SSSR count). The summed E-state index contributed by atoms with van der Waals surface area (Å²) in [5.41, 5.74) is 5.56. The molecular formula is C24H23NO2. The molecule has 0 unspecified atom stereocenters. The van der Waals surface area contributed by atoms with E-state index < -0.39 is 0 Å². The summed E-state index contributed by atoms with van der Waals surface area (Å²) in [6.45, 7) is 4.27. The lowest BCUT2D eigenvalue weighted by Crippen LogP contribution is -2.28. The third-order valence-electron chi connectivity index (χ3n) is 5.13. The minimum atomic E-state index is -0.0659. The van der Waals surface area contributed by atoms with Gasteiger partial charge in [0, 0.05) is 17.5 Å². The van der Waals surface area contributed by atoms with Crippen LogP contribution in [-0.2, 0) is 6.42 Å². The normalized spacial score (nSPS) is 15.3. The molecule has 3 nitrogen and oxygen atoms in total. The largest absolute Gasteiger partial charge is 0.497 e. The Hall–Kier alpha value is -2.94. The highest BCUT2D eigenvalue weighted by Crippen LogP contribution is 2.40. The maximum atomic E-state index is 13.0. The second kappa shape index (κ2) is 6.66. The van der Waals surface area contributed by atoms with Gasteiger partial charge < -0.3 is 4.74 Å². The van der Waals surface area contributed by atoms with Gasteiger partial charge in [0.15, 0.2) is 5.78 Å². The summed E-state index contributed by atoms with van der Waals surface area (Å²) in [5, 5.41) is 0. The van der Waals surface area contributed by atoms with Crippen LogP contribution in [0.4, 0.5) is 0 Å². The van der Waals surface area contributed by atoms with Crippen molar-refractivity contribution in [3.05, 3.63) is 71.9 Å². The standard InChI is InChI=1S/C24H23NO2/c1-24(2)14-21-23(22(26)15-24)19(16-9-11-18(27-3)12-10-16)13-20(25-21)17-7-5-4-6-8-17/h4-13H,14-15H2,1-3H3. The molecule has 0 spiro atoms. The number of benzene rings is 2. The number of pyridine rings is 1. The first kappa shape index (κ1) is 17.5. The number of carbonyl (C=O) groups is 1. The van der Waals surface area contributed by atoms with E-state index in [0.717, 1.165) is 45.8 Å². The maximum Gasteiger partial charge on any atom is 0.165 e. The van der Waals surface area contributed by atoms with Crippen molar-refractivity contribution in [1.82, 2.24) is 4.98 Å². The topological polar surface area (TPSA) is 39.2 Å². The fourth-order valence-electron chi connectivity index (χ4n) is 3.83. The minimum absolute atomic E-state index is 0.0659. The summed E-state index contributed by atoms with van der Waals surface area (Å²) in [6, 6.07) is 20.1. The molecule has 1 aromatic heterocycles. The van der Waals surface area contributed by atoms with Crippen molar-refractivity contribution >= 4 is 5.78 Å². The number of methoxy groups -OCH3 is 1. The minimum Gasteiger partial charge on any atom is -0.497 e. The highest BCUT2D eigenvalue weighted by atomic mass is 16.5. The van der Waals surface area contributed by atoms with Gasteiger partial charge in [0.1, 0.15) is 5.75 Å². The number of aromatic nitrogens is 1. The average Bonchev–Trinajstić information content (AvgIpc) is 2.67.